The van der Waals surface area contributed by atoms with Gasteiger partial charge in [0.2, 0.25) is 0 Å². The van der Waals surface area contributed by atoms with Crippen LogP contribution < -0.4 is 0 Å². The van der Waals surface area contributed by atoms with Gasteiger partial charge in [-0.05, 0) is 139 Å². The second kappa shape index (κ2) is 26.5. The number of unbranched alkanes of at least 4 members (excludes halogenated alkanes) is 18. The van der Waals surface area contributed by atoms with Crippen LogP contribution in [0.15, 0.2) is 29.4 Å². The van der Waals surface area contributed by atoms with E-state index in [1.165, 1.54) is 189 Å². The van der Waals surface area contributed by atoms with Crippen LogP contribution in [0.5, 0.6) is 0 Å². The van der Waals surface area contributed by atoms with Crippen LogP contribution in [-0.2, 0) is 19.3 Å². The molecule has 3 aliphatic rings. The van der Waals surface area contributed by atoms with Crippen LogP contribution in [0.3, 0.4) is 0 Å². The average molecular weight is 962 g/mol. The van der Waals surface area contributed by atoms with Gasteiger partial charge in [0.05, 0.1) is 0 Å². The first-order valence-corrected chi connectivity index (χ1v) is 32.5. The molecule has 0 bridgehead atoms. The third kappa shape index (κ3) is 11.6. The van der Waals surface area contributed by atoms with Gasteiger partial charge in [-0.1, -0.05) is 157 Å². The van der Waals surface area contributed by atoms with E-state index in [9.17, 15) is 0 Å². The molecule has 0 saturated carbocycles. The van der Waals surface area contributed by atoms with Gasteiger partial charge in [0.25, 0.3) is 0 Å². The summed E-state index contributed by atoms with van der Waals surface area (Å²) in [5, 5.41) is 10.4. The number of rotatable bonds is 36. The van der Waals surface area contributed by atoms with Gasteiger partial charge in [-0.15, -0.1) is 70.6 Å². The Hall–Kier alpha value is -0.240. The first kappa shape index (κ1) is 50.6. The molecule has 348 valence electrons. The molecular weight excluding hydrogens is 877 g/mol. The molecule has 0 spiro atoms. The molecule has 0 amide bonds. The molecule has 7 rings (SSSR count). The van der Waals surface area contributed by atoms with E-state index in [-0.39, 0.29) is 0 Å². The van der Waals surface area contributed by atoms with Gasteiger partial charge in [0.15, 0.2) is 0 Å². The summed E-state index contributed by atoms with van der Waals surface area (Å²) in [7, 11) is 0. The van der Waals surface area contributed by atoms with E-state index in [0.717, 1.165) is 19.3 Å². The monoisotopic (exact) mass is 960 g/mol. The average Bonchev–Trinajstić information content (AvgIpc) is 4.00. The summed E-state index contributed by atoms with van der Waals surface area (Å²) in [4.78, 5) is 10.3. The zero-order valence-corrected chi connectivity index (χ0v) is 45.7. The van der Waals surface area contributed by atoms with Crippen molar-refractivity contribution in [2.45, 2.75) is 244 Å². The summed E-state index contributed by atoms with van der Waals surface area (Å²) in [6.45, 7) is 14.2. The van der Waals surface area contributed by atoms with E-state index in [0.29, 0.717) is 0 Å². The Bertz CT molecular complexity index is 1700. The maximum atomic E-state index is 2.37. The number of thioether (sulfide) groups is 6. The fraction of sp³-hybridized carbons (Fsp3) is 0.684. The third-order valence-corrected chi connectivity index (χ3v) is 21.9. The van der Waals surface area contributed by atoms with Crippen molar-refractivity contribution in [3.63, 3.8) is 0 Å². The van der Waals surface area contributed by atoms with Crippen molar-refractivity contribution in [3.8, 4) is 0 Å². The van der Waals surface area contributed by atoms with E-state index in [2.05, 4.69) is 112 Å². The molecule has 63 heavy (non-hydrogen) atoms. The van der Waals surface area contributed by atoms with Gasteiger partial charge < -0.3 is 0 Å². The Balaban J connectivity index is 1.45. The highest BCUT2D eigenvalue weighted by Crippen LogP contribution is 2.63. The Morgan fingerprint density at radius 2 is 0.381 bits per heavy atom. The van der Waals surface area contributed by atoms with Crippen molar-refractivity contribution >= 4 is 103 Å². The molecule has 0 radical (unpaired) electrons. The summed E-state index contributed by atoms with van der Waals surface area (Å²) < 4.78 is 0. The molecule has 4 aromatic rings. The zero-order valence-electron chi connectivity index (χ0n) is 40.8. The second-order valence-electron chi connectivity index (χ2n) is 19.1. The minimum absolute atomic E-state index is 1.16. The van der Waals surface area contributed by atoms with E-state index in [1.807, 2.05) is 0 Å². The van der Waals surface area contributed by atoms with Crippen LogP contribution in [0, 0.1) is 0 Å². The second-order valence-corrected chi connectivity index (χ2v) is 25.7. The summed E-state index contributed by atoms with van der Waals surface area (Å²) in [5.41, 5.74) is 10.5. The van der Waals surface area contributed by atoms with Crippen LogP contribution >= 0.6 is 70.6 Å². The summed E-state index contributed by atoms with van der Waals surface area (Å²) in [5.74, 6) is 7.59. The molecular formula is C57H84S6. The van der Waals surface area contributed by atoms with Gasteiger partial charge in [-0.2, -0.15) is 0 Å². The molecule has 0 nitrogen and oxygen atoms in total. The topological polar surface area (TPSA) is 0 Å². The van der Waals surface area contributed by atoms with Crippen LogP contribution in [0.25, 0.3) is 32.3 Å². The summed E-state index contributed by atoms with van der Waals surface area (Å²) in [6, 6.07) is 0. The fourth-order valence-electron chi connectivity index (χ4n) is 10.7. The normalized spacial score (nSPS) is 13.4. The molecule has 6 heteroatoms. The largest absolute Gasteiger partial charge is 0.125 e. The van der Waals surface area contributed by atoms with Gasteiger partial charge in [0.1, 0.15) is 0 Å². The summed E-state index contributed by atoms with van der Waals surface area (Å²) in [6.07, 6.45) is 35.9. The lowest BCUT2D eigenvalue weighted by Gasteiger charge is -2.19. The highest BCUT2D eigenvalue weighted by molar-refractivity contribution is 8.03. The van der Waals surface area contributed by atoms with E-state index < -0.39 is 0 Å². The quantitative estimate of drug-likeness (QED) is 0.0217. The minimum Gasteiger partial charge on any atom is -0.125 e. The maximum Gasteiger partial charge on any atom is 0.0253 e. The molecule has 0 fully saturated rings. The molecule has 0 heterocycles. The smallest absolute Gasteiger partial charge is 0.0253 e. The van der Waals surface area contributed by atoms with Gasteiger partial charge >= 0.3 is 0 Å². The van der Waals surface area contributed by atoms with Crippen LogP contribution in [0.1, 0.15) is 229 Å². The van der Waals surface area contributed by atoms with Crippen molar-refractivity contribution in [2.75, 3.05) is 34.5 Å². The van der Waals surface area contributed by atoms with Crippen molar-refractivity contribution in [3.05, 3.63) is 33.4 Å². The van der Waals surface area contributed by atoms with Gasteiger partial charge in [0, 0.05) is 48.6 Å². The van der Waals surface area contributed by atoms with Gasteiger partial charge in [-0.3, -0.25) is 0 Å². The number of hydrogen-bond donors (Lipinski definition) is 0. The molecule has 0 aromatic heterocycles. The first-order chi connectivity index (χ1) is 31.1. The fourth-order valence-corrected chi connectivity index (χ4v) is 18.7. The number of hydrogen-bond acceptors (Lipinski definition) is 6. The van der Waals surface area contributed by atoms with Crippen molar-refractivity contribution in [2.24, 2.45) is 0 Å². The molecule has 0 atom stereocenters. The molecule has 0 aliphatic heterocycles. The van der Waals surface area contributed by atoms with Crippen molar-refractivity contribution in [1.29, 1.82) is 0 Å². The van der Waals surface area contributed by atoms with Crippen molar-refractivity contribution in [1.82, 2.24) is 0 Å². The van der Waals surface area contributed by atoms with Crippen LogP contribution in [0.2, 0.25) is 0 Å². The Kier molecular flexibility index (Phi) is 21.3. The zero-order chi connectivity index (χ0) is 44.0. The lowest BCUT2D eigenvalue weighted by molar-refractivity contribution is 0.705. The highest BCUT2D eigenvalue weighted by atomic mass is 32.2. The predicted molar refractivity (Wildman–Crippen MR) is 297 cm³/mol. The molecule has 0 unspecified atom stereocenters. The molecule has 3 aliphatic carbocycles. The Morgan fingerprint density at radius 3 is 0.524 bits per heavy atom. The Labute approximate surface area is 411 Å². The van der Waals surface area contributed by atoms with E-state index in [4.69, 9.17) is 0 Å². The maximum absolute atomic E-state index is 2.37. The minimum atomic E-state index is 1.16. The molecule has 0 N–H and O–H groups in total. The van der Waals surface area contributed by atoms with Crippen LogP contribution in [-0.4, -0.2) is 34.5 Å². The lowest BCUT2D eigenvalue weighted by Crippen LogP contribution is -1.98. The SMILES string of the molecule is CCCCCCSc1c(SCCCCCC)c2c3c4c1Cc1c(SCCCCCC)c(SCCCCCC)c5c(c14)c1c(c(SCCCCCC)c(SCCCCCC)c(c31)C2)C5. The van der Waals surface area contributed by atoms with E-state index in [1.54, 1.807) is 95.1 Å². The number of benzene rings is 4. The summed E-state index contributed by atoms with van der Waals surface area (Å²) >= 11 is 13.7. The standard InChI is InChI=1S/C57H84S6/c1-7-13-19-25-31-58-52-40-37-42-48-46(40)47-41(53(52)59-32-26-20-14-8-2)38-43-49(47)51-45(57(63-36-30-24-18-12-6)55(43)61-34-28-22-16-10-4)39-44(50(48)51)56(62-35-29-23-17-11-5)54(42)60-33-27-21-15-9-3/h7-39H2,1-6H3. The Morgan fingerprint density at radius 1 is 0.222 bits per heavy atom. The van der Waals surface area contributed by atoms with Crippen LogP contribution in [0.4, 0.5) is 0 Å². The molecule has 4 aromatic carbocycles. The van der Waals surface area contributed by atoms with Gasteiger partial charge in [-0.25, -0.2) is 0 Å². The van der Waals surface area contributed by atoms with Crippen molar-refractivity contribution < 1.29 is 0 Å². The highest BCUT2D eigenvalue weighted by Gasteiger charge is 2.40. The lowest BCUT2D eigenvalue weighted by atomic mass is 9.94. The predicted octanol–water partition coefficient (Wildman–Crippen LogP) is 20.9. The molecule has 0 saturated heterocycles. The van der Waals surface area contributed by atoms with E-state index >= 15 is 0 Å². The third-order valence-electron chi connectivity index (χ3n) is 14.1. The first-order valence-electron chi connectivity index (χ1n) is 26.6.